The van der Waals surface area contributed by atoms with Crippen LogP contribution < -0.4 is 9.47 Å². The number of hydrogen-bond donors (Lipinski definition) is 0. The molecule has 0 amide bonds. The quantitative estimate of drug-likeness (QED) is 0.455. The van der Waals surface area contributed by atoms with Crippen LogP contribution in [0.25, 0.3) is 10.7 Å². The third-order valence-corrected chi connectivity index (χ3v) is 4.28. The summed E-state index contributed by atoms with van der Waals surface area (Å²) in [5, 5.41) is 10.1. The van der Waals surface area contributed by atoms with Crippen molar-refractivity contribution in [2.75, 3.05) is 14.2 Å². The lowest BCUT2D eigenvalue weighted by molar-refractivity contribution is 0.107. The number of oxime groups is 1. The van der Waals surface area contributed by atoms with E-state index < -0.39 is 0 Å². The number of benzene rings is 1. The lowest BCUT2D eigenvalue weighted by Crippen LogP contribution is -1.94. The number of ether oxygens (including phenoxy) is 2. The van der Waals surface area contributed by atoms with Crippen molar-refractivity contribution in [3.63, 3.8) is 0 Å². The maximum absolute atomic E-state index is 6.13. The van der Waals surface area contributed by atoms with Gasteiger partial charge in [-0.25, -0.2) is 0 Å². The van der Waals surface area contributed by atoms with Crippen LogP contribution >= 0.6 is 22.9 Å². The molecule has 9 heteroatoms. The van der Waals surface area contributed by atoms with E-state index in [4.69, 9.17) is 30.4 Å². The Kier molecular flexibility index (Phi) is 5.52. The van der Waals surface area contributed by atoms with Crippen LogP contribution in [0.2, 0.25) is 5.02 Å². The summed E-state index contributed by atoms with van der Waals surface area (Å²) in [6.07, 6.45) is 1.50. The van der Waals surface area contributed by atoms with Crippen molar-refractivity contribution in [1.82, 2.24) is 10.1 Å². The average Bonchev–Trinajstić information content (AvgIpc) is 3.29. The molecule has 0 N–H and O–H groups in total. The van der Waals surface area contributed by atoms with E-state index in [-0.39, 0.29) is 6.61 Å². The number of nitrogens with zero attached hydrogens (tertiary/aromatic N) is 3. The first-order chi connectivity index (χ1) is 12.2. The van der Waals surface area contributed by atoms with Gasteiger partial charge in [0.1, 0.15) is 0 Å². The summed E-state index contributed by atoms with van der Waals surface area (Å²) in [6, 6.07) is 7.26. The van der Waals surface area contributed by atoms with E-state index in [9.17, 15) is 0 Å². The highest BCUT2D eigenvalue weighted by Crippen LogP contribution is 2.35. The van der Waals surface area contributed by atoms with E-state index in [1.54, 1.807) is 12.1 Å². The van der Waals surface area contributed by atoms with Crippen molar-refractivity contribution < 1.29 is 18.8 Å². The van der Waals surface area contributed by atoms with Gasteiger partial charge in [-0.05, 0) is 23.6 Å². The van der Waals surface area contributed by atoms with Gasteiger partial charge in [0, 0.05) is 5.56 Å². The fourth-order valence-corrected chi connectivity index (χ4v) is 2.97. The predicted molar refractivity (Wildman–Crippen MR) is 94.6 cm³/mol. The van der Waals surface area contributed by atoms with Crippen LogP contribution in [-0.4, -0.2) is 30.6 Å². The van der Waals surface area contributed by atoms with Crippen LogP contribution in [0, 0.1) is 0 Å². The van der Waals surface area contributed by atoms with E-state index in [1.165, 1.54) is 31.8 Å². The lowest BCUT2D eigenvalue weighted by atomic mass is 10.2. The zero-order chi connectivity index (χ0) is 17.6. The number of halogens is 1. The van der Waals surface area contributed by atoms with Gasteiger partial charge in [-0.2, -0.15) is 4.98 Å². The fourth-order valence-electron chi connectivity index (χ4n) is 2.02. The van der Waals surface area contributed by atoms with Gasteiger partial charge in [0.2, 0.25) is 5.82 Å². The molecule has 0 aliphatic carbocycles. The van der Waals surface area contributed by atoms with Gasteiger partial charge in [0.25, 0.3) is 5.89 Å². The maximum atomic E-state index is 6.13. The second-order valence-electron chi connectivity index (χ2n) is 4.74. The summed E-state index contributed by atoms with van der Waals surface area (Å²) in [4.78, 5) is 10.4. The van der Waals surface area contributed by atoms with Crippen molar-refractivity contribution in [2.45, 2.75) is 6.61 Å². The van der Waals surface area contributed by atoms with Crippen molar-refractivity contribution in [1.29, 1.82) is 0 Å². The van der Waals surface area contributed by atoms with Crippen LogP contribution in [0.5, 0.6) is 11.5 Å². The summed E-state index contributed by atoms with van der Waals surface area (Å²) >= 11 is 7.67. The summed E-state index contributed by atoms with van der Waals surface area (Å²) in [6.45, 7) is 0.0654. The summed E-state index contributed by atoms with van der Waals surface area (Å²) < 4.78 is 15.5. The summed E-state index contributed by atoms with van der Waals surface area (Å²) in [5.74, 6) is 1.85. The van der Waals surface area contributed by atoms with E-state index in [1.807, 2.05) is 17.5 Å². The van der Waals surface area contributed by atoms with Crippen LogP contribution in [0.4, 0.5) is 0 Å². The first-order valence-corrected chi connectivity index (χ1v) is 8.40. The Hall–Kier alpha value is -2.58. The van der Waals surface area contributed by atoms with Gasteiger partial charge in [-0.15, -0.1) is 11.3 Å². The van der Waals surface area contributed by atoms with Crippen molar-refractivity contribution in [2.24, 2.45) is 5.16 Å². The Balaban J connectivity index is 1.61. The minimum absolute atomic E-state index is 0.0654. The van der Waals surface area contributed by atoms with Crippen LogP contribution in [0.3, 0.4) is 0 Å². The van der Waals surface area contributed by atoms with Crippen LogP contribution in [0.15, 0.2) is 39.3 Å². The molecule has 130 valence electrons. The first-order valence-electron chi connectivity index (χ1n) is 7.14. The minimum Gasteiger partial charge on any atom is -0.493 e. The molecule has 0 saturated carbocycles. The Labute approximate surface area is 152 Å². The zero-order valence-electron chi connectivity index (χ0n) is 13.4. The molecule has 0 aliphatic rings. The highest BCUT2D eigenvalue weighted by molar-refractivity contribution is 7.13. The van der Waals surface area contributed by atoms with E-state index in [2.05, 4.69) is 15.3 Å². The van der Waals surface area contributed by atoms with Crippen molar-refractivity contribution in [3.8, 4) is 22.2 Å². The van der Waals surface area contributed by atoms with Crippen LogP contribution in [0.1, 0.15) is 11.5 Å². The Morgan fingerprint density at radius 2 is 2.20 bits per heavy atom. The third kappa shape index (κ3) is 4.09. The molecule has 25 heavy (non-hydrogen) atoms. The fraction of sp³-hybridized carbons (Fsp3) is 0.188. The number of methoxy groups -OCH3 is 2. The Morgan fingerprint density at radius 3 is 2.92 bits per heavy atom. The monoisotopic (exact) mass is 379 g/mol. The molecule has 0 spiro atoms. The normalized spacial score (nSPS) is 11.0. The summed E-state index contributed by atoms with van der Waals surface area (Å²) in [7, 11) is 3.06. The van der Waals surface area contributed by atoms with Gasteiger partial charge in [-0.1, -0.05) is 28.0 Å². The molecule has 7 nitrogen and oxygen atoms in total. The Morgan fingerprint density at radius 1 is 1.32 bits per heavy atom. The molecular formula is C16H14ClN3O4S. The molecule has 0 bridgehead atoms. The largest absolute Gasteiger partial charge is 0.493 e. The van der Waals surface area contributed by atoms with Gasteiger partial charge >= 0.3 is 0 Å². The number of aromatic nitrogens is 2. The third-order valence-electron chi connectivity index (χ3n) is 3.13. The average molecular weight is 380 g/mol. The number of thiophene rings is 1. The molecule has 1 aromatic carbocycles. The maximum Gasteiger partial charge on any atom is 0.267 e. The lowest BCUT2D eigenvalue weighted by Gasteiger charge is -2.09. The SMILES string of the molecule is COc1cc(/C=N\OCc2nc(-c3cccs3)no2)cc(Cl)c1OC. The second kappa shape index (κ2) is 8.00. The first kappa shape index (κ1) is 17.2. The molecule has 0 aliphatic heterocycles. The molecule has 3 rings (SSSR count). The van der Waals surface area contributed by atoms with Gasteiger partial charge in [0.05, 0.1) is 30.3 Å². The highest BCUT2D eigenvalue weighted by atomic mass is 35.5. The molecule has 0 saturated heterocycles. The summed E-state index contributed by atoms with van der Waals surface area (Å²) in [5.41, 5.74) is 0.701. The van der Waals surface area contributed by atoms with Crippen LogP contribution in [-0.2, 0) is 11.4 Å². The Bertz CT molecular complexity index is 864. The molecule has 0 radical (unpaired) electrons. The smallest absolute Gasteiger partial charge is 0.267 e. The second-order valence-corrected chi connectivity index (χ2v) is 6.09. The molecule has 3 aromatic rings. The molecular weight excluding hydrogens is 366 g/mol. The highest BCUT2D eigenvalue weighted by Gasteiger charge is 2.11. The van der Waals surface area contributed by atoms with Crippen molar-refractivity contribution in [3.05, 3.63) is 46.1 Å². The van der Waals surface area contributed by atoms with Gasteiger partial charge < -0.3 is 18.8 Å². The van der Waals surface area contributed by atoms with E-state index in [0.717, 1.165) is 4.88 Å². The predicted octanol–water partition coefficient (Wildman–Crippen LogP) is 4.02. The van der Waals surface area contributed by atoms with E-state index >= 15 is 0 Å². The standard InChI is InChI=1S/C16H14ClN3O4S/c1-21-12-7-10(6-11(17)15(12)22-2)8-18-23-9-14-19-16(20-24-14)13-4-3-5-25-13/h3-8H,9H2,1-2H3/b18-8-. The van der Waals surface area contributed by atoms with E-state index in [0.29, 0.717) is 33.8 Å². The van der Waals surface area contributed by atoms with Gasteiger partial charge in [0.15, 0.2) is 18.1 Å². The number of hydrogen-bond acceptors (Lipinski definition) is 8. The molecule has 0 fully saturated rings. The molecule has 0 atom stereocenters. The minimum atomic E-state index is 0.0654. The number of rotatable bonds is 7. The van der Waals surface area contributed by atoms with Gasteiger partial charge in [-0.3, -0.25) is 0 Å². The zero-order valence-corrected chi connectivity index (χ0v) is 15.0. The molecule has 2 heterocycles. The molecule has 0 unspecified atom stereocenters. The topological polar surface area (TPSA) is 79.0 Å². The van der Waals surface area contributed by atoms with Crippen molar-refractivity contribution >= 4 is 29.2 Å². The molecule has 2 aromatic heterocycles.